The van der Waals surface area contributed by atoms with Crippen molar-refractivity contribution in [1.82, 2.24) is 10.3 Å². The van der Waals surface area contributed by atoms with E-state index in [-0.39, 0.29) is 18.6 Å². The van der Waals surface area contributed by atoms with Gasteiger partial charge in [-0.15, -0.1) is 0 Å². The number of carbonyl (C=O) groups is 2. The second kappa shape index (κ2) is 10.6. The Morgan fingerprint density at radius 1 is 1.03 bits per heavy atom. The van der Waals surface area contributed by atoms with Crippen LogP contribution in [0.5, 0.6) is 11.5 Å². The molecular weight excluding hydrogens is 446 g/mol. The van der Waals surface area contributed by atoms with E-state index in [0.29, 0.717) is 52.3 Å². The topological polar surface area (TPSA) is 90.0 Å². The van der Waals surface area contributed by atoms with Gasteiger partial charge in [0.1, 0.15) is 22.6 Å². The number of aryl methyl sites for hydroxylation is 1. The molecule has 1 fully saturated rings. The van der Waals surface area contributed by atoms with E-state index in [9.17, 15) is 9.59 Å². The van der Waals surface area contributed by atoms with Crippen LogP contribution in [0.25, 0.3) is 10.9 Å². The number of amides is 1. The summed E-state index contributed by atoms with van der Waals surface area (Å²) in [6.45, 7) is 5.26. The molecule has 1 aromatic heterocycles. The third-order valence-corrected chi connectivity index (χ3v) is 6.39. The number of benzene rings is 2. The summed E-state index contributed by atoms with van der Waals surface area (Å²) in [5.41, 5.74) is 3.35. The Labute approximate surface area is 205 Å². The van der Waals surface area contributed by atoms with Gasteiger partial charge in [0.25, 0.3) is 5.91 Å². The predicted octanol–water partition coefficient (Wildman–Crippen LogP) is 4.14. The molecule has 1 aliphatic rings. The lowest BCUT2D eigenvalue weighted by atomic mass is 10.00. The van der Waals surface area contributed by atoms with Crippen LogP contribution >= 0.6 is 0 Å². The summed E-state index contributed by atoms with van der Waals surface area (Å²) >= 11 is 0. The number of aromatic nitrogens is 1. The molecule has 0 saturated carbocycles. The zero-order valence-electron chi connectivity index (χ0n) is 20.6. The summed E-state index contributed by atoms with van der Waals surface area (Å²) in [5.74, 6) is 0.702. The first-order chi connectivity index (χ1) is 17.0. The zero-order chi connectivity index (χ0) is 24.9. The average molecular weight is 478 g/mol. The van der Waals surface area contributed by atoms with Crippen LogP contribution in [-0.4, -0.2) is 56.8 Å². The van der Waals surface area contributed by atoms with E-state index in [1.54, 1.807) is 33.4 Å². The predicted molar refractivity (Wildman–Crippen MR) is 135 cm³/mol. The molecule has 2 heterocycles. The van der Waals surface area contributed by atoms with Crippen molar-refractivity contribution in [1.29, 1.82) is 0 Å². The number of pyridine rings is 1. The fourth-order valence-electron chi connectivity index (χ4n) is 4.60. The smallest absolute Gasteiger partial charge is 0.341 e. The van der Waals surface area contributed by atoms with Crippen molar-refractivity contribution >= 4 is 28.5 Å². The number of carbonyl (C=O) groups excluding carboxylic acids is 2. The summed E-state index contributed by atoms with van der Waals surface area (Å²) in [4.78, 5) is 32.4. The molecule has 1 aliphatic heterocycles. The molecule has 4 rings (SSSR count). The first-order valence-electron chi connectivity index (χ1n) is 11.8. The Hall–Kier alpha value is -3.81. The van der Waals surface area contributed by atoms with Crippen molar-refractivity contribution in [3.05, 3.63) is 59.3 Å². The number of piperidine rings is 1. The number of hydrogen-bond donors (Lipinski definition) is 1. The quantitative estimate of drug-likeness (QED) is 0.512. The van der Waals surface area contributed by atoms with Crippen LogP contribution in [0, 0.1) is 6.92 Å². The molecular formula is C27H31N3O5. The monoisotopic (exact) mass is 477 g/mol. The zero-order valence-corrected chi connectivity index (χ0v) is 20.6. The van der Waals surface area contributed by atoms with Gasteiger partial charge < -0.3 is 24.4 Å². The van der Waals surface area contributed by atoms with Crippen LogP contribution in [0.3, 0.4) is 0 Å². The van der Waals surface area contributed by atoms with Crippen LogP contribution in [0.1, 0.15) is 46.0 Å². The van der Waals surface area contributed by atoms with Gasteiger partial charge in [-0.3, -0.25) is 9.78 Å². The van der Waals surface area contributed by atoms with Gasteiger partial charge in [0.05, 0.1) is 31.9 Å². The van der Waals surface area contributed by atoms with E-state index in [1.807, 2.05) is 37.3 Å². The van der Waals surface area contributed by atoms with Gasteiger partial charge >= 0.3 is 5.97 Å². The summed E-state index contributed by atoms with van der Waals surface area (Å²) in [5, 5.41) is 3.88. The highest BCUT2D eigenvalue weighted by molar-refractivity contribution is 6.09. The second-order valence-electron chi connectivity index (χ2n) is 8.48. The highest BCUT2D eigenvalue weighted by Gasteiger charge is 2.29. The fourth-order valence-corrected chi connectivity index (χ4v) is 4.60. The summed E-state index contributed by atoms with van der Waals surface area (Å²) in [6, 6.07) is 11.2. The number of nitrogens with zero attached hydrogens (tertiary/aromatic N) is 2. The highest BCUT2D eigenvalue weighted by Crippen LogP contribution is 2.41. The van der Waals surface area contributed by atoms with Gasteiger partial charge in [0.2, 0.25) is 0 Å². The van der Waals surface area contributed by atoms with Crippen molar-refractivity contribution in [3.8, 4) is 11.5 Å². The highest BCUT2D eigenvalue weighted by atomic mass is 16.5. The van der Waals surface area contributed by atoms with Gasteiger partial charge in [-0.2, -0.15) is 0 Å². The Bertz CT molecular complexity index is 1230. The van der Waals surface area contributed by atoms with E-state index in [0.717, 1.165) is 18.4 Å². The number of nitrogens with one attached hydrogen (secondary N) is 1. The van der Waals surface area contributed by atoms with Gasteiger partial charge in [-0.25, -0.2) is 4.79 Å². The lowest BCUT2D eigenvalue weighted by molar-refractivity contribution is 0.0526. The van der Waals surface area contributed by atoms with Crippen molar-refractivity contribution in [2.24, 2.45) is 0 Å². The number of anilines is 1. The maximum Gasteiger partial charge on any atom is 0.341 e. The Balaban J connectivity index is 1.65. The third kappa shape index (κ3) is 4.87. The lowest BCUT2D eigenvalue weighted by Gasteiger charge is -2.35. The van der Waals surface area contributed by atoms with E-state index >= 15 is 0 Å². The molecule has 0 unspecified atom stereocenters. The molecule has 8 nitrogen and oxygen atoms in total. The first kappa shape index (κ1) is 24.3. The van der Waals surface area contributed by atoms with Gasteiger partial charge in [0.15, 0.2) is 0 Å². The summed E-state index contributed by atoms with van der Waals surface area (Å²) < 4.78 is 16.5. The SMILES string of the molecule is CCOC(=O)c1cnc2c(OC)ccc(OC)c2c1N1CCC(NC(=O)c2ccccc2C)CC1. The van der Waals surface area contributed by atoms with Gasteiger partial charge in [-0.05, 0) is 50.5 Å². The maximum atomic E-state index is 12.9. The minimum Gasteiger partial charge on any atom is -0.496 e. The third-order valence-electron chi connectivity index (χ3n) is 6.39. The molecule has 35 heavy (non-hydrogen) atoms. The van der Waals surface area contributed by atoms with Crippen LogP contribution in [0.4, 0.5) is 5.69 Å². The van der Waals surface area contributed by atoms with Crippen molar-refractivity contribution in [2.75, 3.05) is 38.8 Å². The van der Waals surface area contributed by atoms with Crippen LogP contribution in [0.15, 0.2) is 42.6 Å². The molecule has 0 radical (unpaired) electrons. The van der Waals surface area contributed by atoms with E-state index in [1.165, 1.54) is 0 Å². The molecule has 8 heteroatoms. The number of methoxy groups -OCH3 is 2. The number of hydrogen-bond acceptors (Lipinski definition) is 7. The van der Waals surface area contributed by atoms with E-state index < -0.39 is 5.97 Å². The molecule has 1 saturated heterocycles. The van der Waals surface area contributed by atoms with Crippen LogP contribution in [-0.2, 0) is 4.74 Å². The lowest BCUT2D eigenvalue weighted by Crippen LogP contribution is -2.45. The molecule has 0 spiro atoms. The molecule has 3 aromatic rings. The van der Waals surface area contributed by atoms with E-state index in [4.69, 9.17) is 14.2 Å². The van der Waals surface area contributed by atoms with Crippen molar-refractivity contribution < 1.29 is 23.8 Å². The largest absolute Gasteiger partial charge is 0.496 e. The normalized spacial score (nSPS) is 14.0. The Morgan fingerprint density at radius 2 is 1.71 bits per heavy atom. The molecule has 0 atom stereocenters. The second-order valence-corrected chi connectivity index (χ2v) is 8.48. The Morgan fingerprint density at radius 3 is 2.37 bits per heavy atom. The van der Waals surface area contributed by atoms with Crippen molar-refractivity contribution in [3.63, 3.8) is 0 Å². The van der Waals surface area contributed by atoms with E-state index in [2.05, 4.69) is 15.2 Å². The molecule has 1 amide bonds. The first-order valence-corrected chi connectivity index (χ1v) is 11.8. The van der Waals surface area contributed by atoms with Crippen molar-refractivity contribution in [2.45, 2.75) is 32.7 Å². The standard InChI is InChI=1S/C27H31N3O5/c1-5-35-27(32)20-16-28-24-22(34-4)11-10-21(33-3)23(24)25(20)30-14-12-18(13-15-30)29-26(31)19-9-7-6-8-17(19)2/h6-11,16,18H,5,12-15H2,1-4H3,(H,29,31). The van der Waals surface area contributed by atoms with Crippen LogP contribution in [0.2, 0.25) is 0 Å². The number of ether oxygens (including phenoxy) is 3. The molecule has 1 N–H and O–H groups in total. The molecule has 0 bridgehead atoms. The van der Waals surface area contributed by atoms with Gasteiger partial charge in [0, 0.05) is 30.9 Å². The summed E-state index contributed by atoms with van der Waals surface area (Å²) in [6.07, 6.45) is 3.01. The number of esters is 1. The fraction of sp³-hybridized carbons (Fsp3) is 0.370. The van der Waals surface area contributed by atoms with Gasteiger partial charge in [-0.1, -0.05) is 18.2 Å². The molecule has 2 aromatic carbocycles. The average Bonchev–Trinajstić information content (AvgIpc) is 2.88. The maximum absolute atomic E-state index is 12.9. The number of rotatable bonds is 7. The number of fused-ring (bicyclic) bond motifs is 1. The summed E-state index contributed by atoms with van der Waals surface area (Å²) in [7, 11) is 3.18. The minimum absolute atomic E-state index is 0.0360. The van der Waals surface area contributed by atoms with Crippen LogP contribution < -0.4 is 19.7 Å². The molecule has 184 valence electrons. The Kier molecular flexibility index (Phi) is 7.39. The molecule has 0 aliphatic carbocycles. The minimum atomic E-state index is -0.434.